The largest absolute Gasteiger partial charge is 0.330 e. The smallest absolute Gasteiger partial charge is 0.109 e. The van der Waals surface area contributed by atoms with Gasteiger partial charge in [0.1, 0.15) is 6.04 Å². The minimum atomic E-state index is 0.246. The summed E-state index contributed by atoms with van der Waals surface area (Å²) in [5, 5.41) is 3.23. The Balaban J connectivity index is 2.08. The van der Waals surface area contributed by atoms with Gasteiger partial charge in [0, 0.05) is 6.21 Å². The van der Waals surface area contributed by atoms with Crippen molar-refractivity contribution in [1.82, 2.24) is 4.72 Å². The van der Waals surface area contributed by atoms with Crippen molar-refractivity contribution in [1.29, 1.82) is 0 Å². The van der Waals surface area contributed by atoms with E-state index in [2.05, 4.69) is 21.2 Å². The van der Waals surface area contributed by atoms with Gasteiger partial charge in [-0.3, -0.25) is 4.99 Å². The molecule has 2 aliphatic rings. The van der Waals surface area contributed by atoms with E-state index in [1.807, 2.05) is 24.1 Å². The third-order valence-electron chi connectivity index (χ3n) is 1.47. The van der Waals surface area contributed by atoms with Crippen molar-refractivity contribution >= 4 is 29.9 Å². The molecule has 11 heavy (non-hydrogen) atoms. The molecule has 0 bridgehead atoms. The Hall–Kier alpha value is -0.350. The van der Waals surface area contributed by atoms with Gasteiger partial charge in [-0.2, -0.15) is 0 Å². The van der Waals surface area contributed by atoms with Crippen LogP contribution in [0.1, 0.15) is 0 Å². The maximum Gasteiger partial charge on any atom is 0.109 e. The number of aliphatic imine (C=N–C) groups is 1. The van der Waals surface area contributed by atoms with Crippen LogP contribution in [-0.2, 0) is 0 Å². The molecule has 0 spiro atoms. The zero-order chi connectivity index (χ0) is 7.52. The van der Waals surface area contributed by atoms with Crippen LogP contribution in [0.2, 0.25) is 0 Å². The first-order chi connectivity index (χ1) is 5.47. The van der Waals surface area contributed by atoms with Gasteiger partial charge in [-0.15, -0.1) is 11.8 Å². The van der Waals surface area contributed by atoms with Crippen LogP contribution in [0.25, 0.3) is 0 Å². The first-order valence-electron chi connectivity index (χ1n) is 3.36. The lowest BCUT2D eigenvalue weighted by molar-refractivity contribution is 0.924. The highest BCUT2D eigenvalue weighted by Crippen LogP contribution is 2.23. The predicted octanol–water partition coefficient (Wildman–Crippen LogP) is 1.78. The molecule has 2 heterocycles. The fraction of sp³-hybridized carbons (Fsp3) is 0.286. The molecule has 0 aromatic rings. The van der Waals surface area contributed by atoms with Gasteiger partial charge in [0.25, 0.3) is 0 Å². The normalized spacial score (nSPS) is 28.4. The molecule has 0 aliphatic carbocycles. The molecule has 0 saturated heterocycles. The van der Waals surface area contributed by atoms with Crippen molar-refractivity contribution in [2.45, 2.75) is 6.04 Å². The lowest BCUT2D eigenvalue weighted by atomic mass is 10.2. The molecule has 1 unspecified atom stereocenters. The van der Waals surface area contributed by atoms with Gasteiger partial charge in [-0.25, -0.2) is 0 Å². The van der Waals surface area contributed by atoms with Crippen LogP contribution in [0.4, 0.5) is 0 Å². The standard InChI is InChI=1S/C7H8N2S2/c1-2-6(8-3-1)7-4-10-5-11-9-7/h1-4,6,9H,5H2. The van der Waals surface area contributed by atoms with E-state index in [1.54, 1.807) is 11.9 Å². The Morgan fingerprint density at radius 3 is 3.27 bits per heavy atom. The summed E-state index contributed by atoms with van der Waals surface area (Å²) in [6.45, 7) is 0. The van der Waals surface area contributed by atoms with Crippen molar-refractivity contribution in [3.8, 4) is 0 Å². The summed E-state index contributed by atoms with van der Waals surface area (Å²) in [6.07, 6.45) is 5.92. The minimum Gasteiger partial charge on any atom is -0.330 e. The van der Waals surface area contributed by atoms with Crippen molar-refractivity contribution in [2.24, 2.45) is 4.99 Å². The fourth-order valence-corrected chi connectivity index (χ4v) is 2.53. The zero-order valence-corrected chi connectivity index (χ0v) is 7.49. The second-order valence-electron chi connectivity index (χ2n) is 2.23. The van der Waals surface area contributed by atoms with E-state index in [0.717, 1.165) is 5.08 Å². The average Bonchev–Trinajstić information content (AvgIpc) is 2.58. The van der Waals surface area contributed by atoms with Crippen LogP contribution < -0.4 is 4.72 Å². The van der Waals surface area contributed by atoms with Crippen molar-refractivity contribution < 1.29 is 0 Å². The topological polar surface area (TPSA) is 24.4 Å². The van der Waals surface area contributed by atoms with Gasteiger partial charge >= 0.3 is 0 Å². The zero-order valence-electron chi connectivity index (χ0n) is 5.86. The average molecular weight is 184 g/mol. The monoisotopic (exact) mass is 184 g/mol. The Bertz CT molecular complexity index is 221. The molecule has 1 atom stereocenters. The summed E-state index contributed by atoms with van der Waals surface area (Å²) >= 11 is 3.55. The molecule has 58 valence electrons. The number of allylic oxidation sites excluding steroid dienone is 1. The lowest BCUT2D eigenvalue weighted by Crippen LogP contribution is -2.16. The number of nitrogens with one attached hydrogen (secondary N) is 1. The second kappa shape index (κ2) is 3.36. The van der Waals surface area contributed by atoms with E-state index in [4.69, 9.17) is 0 Å². The van der Waals surface area contributed by atoms with E-state index in [9.17, 15) is 0 Å². The first kappa shape index (κ1) is 7.31. The molecule has 2 rings (SSSR count). The van der Waals surface area contributed by atoms with Crippen LogP contribution >= 0.6 is 23.7 Å². The molecule has 0 aromatic heterocycles. The van der Waals surface area contributed by atoms with Crippen LogP contribution in [0, 0.1) is 0 Å². The van der Waals surface area contributed by atoms with Gasteiger partial charge in [0.15, 0.2) is 0 Å². The summed E-state index contributed by atoms with van der Waals surface area (Å²) in [5.41, 5.74) is 1.20. The van der Waals surface area contributed by atoms with Gasteiger partial charge < -0.3 is 4.72 Å². The molecule has 2 nitrogen and oxygen atoms in total. The molecule has 0 fully saturated rings. The Morgan fingerprint density at radius 2 is 2.64 bits per heavy atom. The van der Waals surface area contributed by atoms with Gasteiger partial charge in [-0.1, -0.05) is 6.08 Å². The summed E-state index contributed by atoms with van der Waals surface area (Å²) in [4.78, 5) is 4.27. The molecular formula is C7H8N2S2. The SMILES string of the molecule is C1=CC(C2=CSCSN2)N=C1. The summed E-state index contributed by atoms with van der Waals surface area (Å²) < 4.78 is 3.25. The van der Waals surface area contributed by atoms with Gasteiger partial charge in [0.2, 0.25) is 0 Å². The number of hydrogen-bond donors (Lipinski definition) is 1. The summed E-state index contributed by atoms with van der Waals surface area (Å²) in [6, 6.07) is 0.246. The fourth-order valence-electron chi connectivity index (χ4n) is 0.956. The van der Waals surface area contributed by atoms with Gasteiger partial charge in [-0.05, 0) is 23.4 Å². The Kier molecular flexibility index (Phi) is 2.23. The predicted molar refractivity (Wildman–Crippen MR) is 52.7 cm³/mol. The van der Waals surface area contributed by atoms with Crippen LogP contribution in [0.5, 0.6) is 0 Å². The van der Waals surface area contributed by atoms with E-state index >= 15 is 0 Å². The third-order valence-corrected chi connectivity index (χ3v) is 3.29. The number of rotatable bonds is 1. The van der Waals surface area contributed by atoms with E-state index in [-0.39, 0.29) is 6.04 Å². The van der Waals surface area contributed by atoms with Crippen LogP contribution in [0.3, 0.4) is 0 Å². The number of nitrogens with zero attached hydrogens (tertiary/aromatic N) is 1. The molecule has 0 aromatic carbocycles. The number of thioether (sulfide) groups is 1. The molecule has 0 saturated carbocycles. The highest BCUT2D eigenvalue weighted by atomic mass is 32.2. The molecule has 0 radical (unpaired) electrons. The van der Waals surface area contributed by atoms with E-state index in [0.29, 0.717) is 0 Å². The maximum atomic E-state index is 4.27. The molecular weight excluding hydrogens is 176 g/mol. The maximum absolute atomic E-state index is 4.27. The third kappa shape index (κ3) is 1.62. The highest BCUT2D eigenvalue weighted by molar-refractivity contribution is 8.17. The van der Waals surface area contributed by atoms with E-state index < -0.39 is 0 Å². The minimum absolute atomic E-state index is 0.246. The second-order valence-corrected chi connectivity index (χ2v) is 4.24. The molecule has 2 aliphatic heterocycles. The quantitative estimate of drug-likeness (QED) is 0.629. The summed E-state index contributed by atoms with van der Waals surface area (Å²) in [5.74, 6) is 0. The van der Waals surface area contributed by atoms with E-state index in [1.165, 1.54) is 5.70 Å². The molecule has 4 heteroatoms. The lowest BCUT2D eigenvalue weighted by Gasteiger charge is -2.16. The summed E-state index contributed by atoms with van der Waals surface area (Å²) in [7, 11) is 0. The Morgan fingerprint density at radius 1 is 1.64 bits per heavy atom. The van der Waals surface area contributed by atoms with Crippen LogP contribution in [0.15, 0.2) is 28.2 Å². The van der Waals surface area contributed by atoms with Crippen LogP contribution in [-0.4, -0.2) is 17.3 Å². The first-order valence-corrected chi connectivity index (χ1v) is 5.40. The van der Waals surface area contributed by atoms with Crippen molar-refractivity contribution in [3.63, 3.8) is 0 Å². The highest BCUT2D eigenvalue weighted by Gasteiger charge is 2.13. The molecule has 1 N–H and O–H groups in total. The number of hydrogen-bond acceptors (Lipinski definition) is 4. The Labute approximate surface area is 74.4 Å². The van der Waals surface area contributed by atoms with Crippen molar-refractivity contribution in [3.05, 3.63) is 23.3 Å². The van der Waals surface area contributed by atoms with Gasteiger partial charge in [0.05, 0.1) is 10.8 Å². The molecule has 0 amide bonds. The van der Waals surface area contributed by atoms with Crippen molar-refractivity contribution in [2.75, 3.05) is 5.08 Å².